The molecular weight excluding hydrogens is 212 g/mol. The number of alkyl halides is 1. The summed E-state index contributed by atoms with van der Waals surface area (Å²) in [5.74, 6) is 0.0346. The van der Waals surface area contributed by atoms with Crippen molar-refractivity contribution in [2.75, 3.05) is 19.8 Å². The highest BCUT2D eigenvalue weighted by molar-refractivity contribution is 5.30. The molecule has 0 aromatic heterocycles. The molecule has 0 aliphatic carbocycles. The highest BCUT2D eigenvalue weighted by Crippen LogP contribution is 2.21. The summed E-state index contributed by atoms with van der Waals surface area (Å²) in [5, 5.41) is 3.12. The van der Waals surface area contributed by atoms with Crippen LogP contribution in [0.15, 0.2) is 18.2 Å². The van der Waals surface area contributed by atoms with Crippen LogP contribution in [0.3, 0.4) is 0 Å². The van der Waals surface area contributed by atoms with Gasteiger partial charge in [-0.2, -0.15) is 0 Å². The monoisotopic (exact) mass is 229 g/mol. The lowest BCUT2D eigenvalue weighted by molar-refractivity contribution is 0.272. The number of benzene rings is 1. The van der Waals surface area contributed by atoms with Crippen LogP contribution in [0.4, 0.5) is 8.78 Å². The molecule has 0 spiro atoms. The fourth-order valence-corrected chi connectivity index (χ4v) is 1.52. The molecule has 1 aromatic rings. The molecule has 2 nitrogen and oxygen atoms in total. The van der Waals surface area contributed by atoms with Crippen LogP contribution >= 0.6 is 0 Å². The Morgan fingerprint density at radius 2 is 2.19 bits per heavy atom. The molecule has 0 fully saturated rings. The topological polar surface area (TPSA) is 21.3 Å². The molecule has 1 aromatic carbocycles. The Morgan fingerprint density at radius 3 is 2.75 bits per heavy atom. The normalized spacial score (nSPS) is 12.5. The summed E-state index contributed by atoms with van der Waals surface area (Å²) in [6, 6.07) is 4.57. The first-order chi connectivity index (χ1) is 7.69. The lowest BCUT2D eigenvalue weighted by atomic mass is 10.1. The van der Waals surface area contributed by atoms with Gasteiger partial charge in [0.2, 0.25) is 0 Å². The van der Waals surface area contributed by atoms with E-state index in [0.717, 1.165) is 6.54 Å². The third-order valence-corrected chi connectivity index (χ3v) is 2.29. The van der Waals surface area contributed by atoms with E-state index in [9.17, 15) is 8.78 Å². The van der Waals surface area contributed by atoms with Gasteiger partial charge in [-0.1, -0.05) is 13.0 Å². The van der Waals surface area contributed by atoms with Gasteiger partial charge in [-0.05, 0) is 19.5 Å². The van der Waals surface area contributed by atoms with Gasteiger partial charge in [-0.3, -0.25) is 0 Å². The Labute approximate surface area is 94.6 Å². The van der Waals surface area contributed by atoms with E-state index in [-0.39, 0.29) is 18.5 Å². The van der Waals surface area contributed by atoms with E-state index in [0.29, 0.717) is 11.3 Å². The van der Waals surface area contributed by atoms with Crippen molar-refractivity contribution in [2.45, 2.75) is 19.9 Å². The molecule has 16 heavy (non-hydrogen) atoms. The van der Waals surface area contributed by atoms with Gasteiger partial charge >= 0.3 is 0 Å². The maximum absolute atomic E-state index is 13.6. The minimum Gasteiger partial charge on any atom is -0.491 e. The Morgan fingerprint density at radius 1 is 1.44 bits per heavy atom. The Hall–Kier alpha value is -1.16. The Bertz CT molecular complexity index is 331. The van der Waals surface area contributed by atoms with Crippen molar-refractivity contribution in [1.29, 1.82) is 0 Å². The van der Waals surface area contributed by atoms with E-state index in [1.54, 1.807) is 12.1 Å². The van der Waals surface area contributed by atoms with Crippen LogP contribution in [0.5, 0.6) is 5.75 Å². The lowest BCUT2D eigenvalue weighted by Gasteiger charge is -2.14. The van der Waals surface area contributed by atoms with Crippen molar-refractivity contribution >= 4 is 0 Å². The minimum atomic E-state index is -0.572. The molecule has 0 saturated heterocycles. The van der Waals surface area contributed by atoms with Crippen molar-refractivity contribution in [2.24, 2.45) is 0 Å². The molecule has 0 radical (unpaired) electrons. The second-order valence-electron chi connectivity index (χ2n) is 3.50. The maximum Gasteiger partial charge on any atom is 0.131 e. The molecule has 0 saturated carbocycles. The van der Waals surface area contributed by atoms with Crippen LogP contribution < -0.4 is 10.1 Å². The minimum absolute atomic E-state index is 0.0401. The van der Waals surface area contributed by atoms with Gasteiger partial charge in [0.05, 0.1) is 0 Å². The Kier molecular flexibility index (Phi) is 5.19. The zero-order valence-electron chi connectivity index (χ0n) is 9.59. The summed E-state index contributed by atoms with van der Waals surface area (Å²) in [7, 11) is 0. The van der Waals surface area contributed by atoms with Crippen LogP contribution in [0.1, 0.15) is 25.5 Å². The van der Waals surface area contributed by atoms with Crippen molar-refractivity contribution in [3.8, 4) is 5.75 Å². The van der Waals surface area contributed by atoms with Gasteiger partial charge in [0, 0.05) is 17.7 Å². The van der Waals surface area contributed by atoms with Crippen molar-refractivity contribution in [3.05, 3.63) is 29.6 Å². The standard InChI is InChI=1S/C12H17F2NO/c1-3-15-9(2)11-5-4-10(8-12(11)14)16-7-6-13/h4-5,8-9,15H,3,6-7H2,1-2H3. The zero-order valence-corrected chi connectivity index (χ0v) is 9.59. The van der Waals surface area contributed by atoms with Gasteiger partial charge in [0.15, 0.2) is 0 Å². The van der Waals surface area contributed by atoms with Gasteiger partial charge < -0.3 is 10.1 Å². The van der Waals surface area contributed by atoms with Gasteiger partial charge in [-0.15, -0.1) is 0 Å². The predicted octanol–water partition coefficient (Wildman–Crippen LogP) is 2.84. The summed E-state index contributed by atoms with van der Waals surface area (Å²) in [4.78, 5) is 0. The highest BCUT2D eigenvalue weighted by atomic mass is 19.1. The summed E-state index contributed by atoms with van der Waals surface area (Å²) < 4.78 is 30.5. The van der Waals surface area contributed by atoms with Crippen LogP contribution in [-0.4, -0.2) is 19.8 Å². The fraction of sp³-hybridized carbons (Fsp3) is 0.500. The number of rotatable bonds is 6. The van der Waals surface area contributed by atoms with E-state index in [2.05, 4.69) is 5.32 Å². The molecule has 1 unspecified atom stereocenters. The average molecular weight is 229 g/mol. The number of halogens is 2. The molecule has 0 amide bonds. The first-order valence-electron chi connectivity index (χ1n) is 5.40. The van der Waals surface area contributed by atoms with Crippen LogP contribution in [0.25, 0.3) is 0 Å². The van der Waals surface area contributed by atoms with E-state index >= 15 is 0 Å². The number of hydrogen-bond acceptors (Lipinski definition) is 2. The van der Waals surface area contributed by atoms with Gasteiger partial charge in [0.1, 0.15) is 24.8 Å². The molecule has 0 heterocycles. The van der Waals surface area contributed by atoms with Crippen molar-refractivity contribution in [1.82, 2.24) is 5.32 Å². The van der Waals surface area contributed by atoms with Crippen LogP contribution in [-0.2, 0) is 0 Å². The van der Waals surface area contributed by atoms with E-state index in [4.69, 9.17) is 4.74 Å². The molecule has 1 atom stereocenters. The highest BCUT2D eigenvalue weighted by Gasteiger charge is 2.10. The number of hydrogen-bond donors (Lipinski definition) is 1. The molecule has 0 aliphatic heterocycles. The first-order valence-corrected chi connectivity index (χ1v) is 5.40. The zero-order chi connectivity index (χ0) is 12.0. The molecule has 0 bridgehead atoms. The van der Waals surface area contributed by atoms with E-state index in [1.807, 2.05) is 13.8 Å². The summed E-state index contributed by atoms with van der Waals surface area (Å²) in [6.45, 7) is 4.02. The summed E-state index contributed by atoms with van der Waals surface area (Å²) in [6.07, 6.45) is 0. The second kappa shape index (κ2) is 6.43. The van der Waals surface area contributed by atoms with E-state index in [1.165, 1.54) is 6.07 Å². The molecule has 1 rings (SSSR count). The molecule has 90 valence electrons. The SMILES string of the molecule is CCNC(C)c1ccc(OCCF)cc1F. The van der Waals surface area contributed by atoms with Gasteiger partial charge in [-0.25, -0.2) is 8.78 Å². The van der Waals surface area contributed by atoms with Crippen molar-refractivity contribution in [3.63, 3.8) is 0 Å². The van der Waals surface area contributed by atoms with Crippen LogP contribution in [0.2, 0.25) is 0 Å². The second-order valence-corrected chi connectivity index (χ2v) is 3.50. The molecule has 0 aliphatic rings. The average Bonchev–Trinajstić information content (AvgIpc) is 2.26. The predicted molar refractivity (Wildman–Crippen MR) is 60.0 cm³/mol. The van der Waals surface area contributed by atoms with E-state index < -0.39 is 6.67 Å². The molecular formula is C12H17F2NO. The van der Waals surface area contributed by atoms with Crippen LogP contribution in [0, 0.1) is 5.82 Å². The number of nitrogens with one attached hydrogen (secondary N) is 1. The number of ether oxygens (including phenoxy) is 1. The maximum atomic E-state index is 13.6. The summed E-state index contributed by atoms with van der Waals surface area (Å²) in [5.41, 5.74) is 0.592. The molecule has 4 heteroatoms. The third kappa shape index (κ3) is 3.45. The smallest absolute Gasteiger partial charge is 0.131 e. The largest absolute Gasteiger partial charge is 0.491 e. The quantitative estimate of drug-likeness (QED) is 0.809. The third-order valence-electron chi connectivity index (χ3n) is 2.29. The fourth-order valence-electron chi connectivity index (χ4n) is 1.52. The van der Waals surface area contributed by atoms with Crippen molar-refractivity contribution < 1.29 is 13.5 Å². The lowest BCUT2D eigenvalue weighted by Crippen LogP contribution is -2.18. The summed E-state index contributed by atoms with van der Waals surface area (Å²) >= 11 is 0. The van der Waals surface area contributed by atoms with Gasteiger partial charge in [0.25, 0.3) is 0 Å². The molecule has 1 N–H and O–H groups in total. The first kappa shape index (κ1) is 12.9. The Balaban J connectivity index is 2.74.